The van der Waals surface area contributed by atoms with Crippen LogP contribution in [0.1, 0.15) is 13.8 Å². The summed E-state index contributed by atoms with van der Waals surface area (Å²) < 4.78 is 0. The monoisotopic (exact) mass is 344 g/mol. The molecule has 0 saturated heterocycles. The SMILES string of the molecule is CCN(C)C(C=C[SiH3])N(C)CC.CN(C)C(C=C[SiH3])N(C)C. The number of rotatable bonds is 8. The minimum Gasteiger partial charge on any atom is -0.291 e. The molecule has 22 heavy (non-hydrogen) atoms. The van der Waals surface area contributed by atoms with E-state index in [0.717, 1.165) is 33.6 Å². The molecule has 0 saturated carbocycles. The van der Waals surface area contributed by atoms with Crippen LogP contribution in [-0.4, -0.2) is 108 Å². The zero-order chi connectivity index (χ0) is 17.7. The summed E-state index contributed by atoms with van der Waals surface area (Å²) in [6.45, 7) is 6.58. The fourth-order valence-corrected chi connectivity index (χ4v) is 2.84. The topological polar surface area (TPSA) is 13.0 Å². The molecule has 0 fully saturated rings. The maximum atomic E-state index is 2.35. The number of hydrogen-bond donors (Lipinski definition) is 0. The highest BCUT2D eigenvalue weighted by atomic mass is 28.1. The molecule has 6 heteroatoms. The van der Waals surface area contributed by atoms with Gasteiger partial charge in [0.25, 0.3) is 0 Å². The maximum Gasteiger partial charge on any atom is 0.0805 e. The molecular formula is C16H40N4Si2. The fraction of sp³-hybridized carbons (Fsp3) is 0.750. The molecule has 4 nitrogen and oxygen atoms in total. The second kappa shape index (κ2) is 14.4. The van der Waals surface area contributed by atoms with Crippen LogP contribution in [0.4, 0.5) is 0 Å². The molecule has 0 rings (SSSR count). The number of hydrogen-bond acceptors (Lipinski definition) is 4. The highest BCUT2D eigenvalue weighted by Crippen LogP contribution is 2.02. The number of nitrogens with zero attached hydrogens (tertiary/aromatic N) is 4. The molecule has 132 valence electrons. The summed E-state index contributed by atoms with van der Waals surface area (Å²) in [5, 5.41) is 0. The van der Waals surface area contributed by atoms with Crippen LogP contribution in [0.5, 0.6) is 0 Å². The van der Waals surface area contributed by atoms with Crippen LogP contribution in [0.3, 0.4) is 0 Å². The van der Waals surface area contributed by atoms with Gasteiger partial charge in [-0.15, -0.1) is 11.4 Å². The van der Waals surface area contributed by atoms with Gasteiger partial charge in [-0.25, -0.2) is 0 Å². The molecule has 0 amide bonds. The first-order valence-corrected chi connectivity index (χ1v) is 10.6. The lowest BCUT2D eigenvalue weighted by Crippen LogP contribution is -2.43. The van der Waals surface area contributed by atoms with E-state index >= 15 is 0 Å². The quantitative estimate of drug-likeness (QED) is 0.431. The summed E-state index contributed by atoms with van der Waals surface area (Å²) in [6, 6.07) is 0. The van der Waals surface area contributed by atoms with Gasteiger partial charge < -0.3 is 0 Å². The summed E-state index contributed by atoms with van der Waals surface area (Å²) in [5.41, 5.74) is 4.47. The molecule has 0 aliphatic rings. The van der Waals surface area contributed by atoms with Crippen molar-refractivity contribution in [3.05, 3.63) is 23.6 Å². The Kier molecular flexibility index (Phi) is 15.7. The van der Waals surface area contributed by atoms with Gasteiger partial charge in [-0.2, -0.15) is 0 Å². The van der Waals surface area contributed by atoms with E-state index < -0.39 is 0 Å². The van der Waals surface area contributed by atoms with Crippen molar-refractivity contribution in [2.24, 2.45) is 0 Å². The smallest absolute Gasteiger partial charge is 0.0805 e. The molecule has 0 heterocycles. The van der Waals surface area contributed by atoms with E-state index in [-0.39, 0.29) is 0 Å². The third-order valence-corrected chi connectivity index (χ3v) is 4.46. The Morgan fingerprint density at radius 1 is 0.682 bits per heavy atom. The molecule has 0 atom stereocenters. The van der Waals surface area contributed by atoms with Crippen LogP contribution < -0.4 is 0 Å². The molecule has 0 radical (unpaired) electrons. The van der Waals surface area contributed by atoms with Crippen molar-refractivity contribution in [1.29, 1.82) is 0 Å². The maximum absolute atomic E-state index is 2.35. The molecule has 0 aromatic heterocycles. The average molecular weight is 345 g/mol. The van der Waals surface area contributed by atoms with Crippen LogP contribution >= 0.6 is 0 Å². The van der Waals surface area contributed by atoms with Crippen LogP contribution in [0.25, 0.3) is 0 Å². The Hall–Kier alpha value is -0.246. The average Bonchev–Trinajstić information content (AvgIpc) is 2.48. The van der Waals surface area contributed by atoms with Crippen LogP contribution in [0.2, 0.25) is 0 Å². The Bertz CT molecular complexity index is 289. The van der Waals surface area contributed by atoms with Crippen molar-refractivity contribution in [3.8, 4) is 0 Å². The third-order valence-electron chi connectivity index (χ3n) is 3.69. The van der Waals surface area contributed by atoms with Gasteiger partial charge in [-0.05, 0) is 55.4 Å². The standard InChI is InChI=1S/C9H22N2Si.C7H18N2Si/c1-5-10(3)9(7-8-12)11(4)6-2;1-8(2)7(5-6-10)9(3)4/h7-9H,5-6H2,1-4,12H3;5-7H,1-4,10H3. The molecular weight excluding hydrogens is 304 g/mol. The largest absolute Gasteiger partial charge is 0.291 e. The van der Waals surface area contributed by atoms with Gasteiger partial charge in [0, 0.05) is 20.5 Å². The Labute approximate surface area is 145 Å². The van der Waals surface area contributed by atoms with Gasteiger partial charge in [0.1, 0.15) is 0 Å². The van der Waals surface area contributed by atoms with Gasteiger partial charge in [0.05, 0.1) is 12.3 Å². The third kappa shape index (κ3) is 10.5. The molecule has 0 N–H and O–H groups in total. The summed E-state index contributed by atoms with van der Waals surface area (Å²) in [4.78, 5) is 9.07. The van der Waals surface area contributed by atoms with Gasteiger partial charge in [0.15, 0.2) is 0 Å². The first-order valence-electron chi connectivity index (χ1n) is 8.25. The van der Waals surface area contributed by atoms with Crippen LogP contribution in [0.15, 0.2) is 23.6 Å². The highest BCUT2D eigenvalue weighted by molar-refractivity contribution is 6.17. The van der Waals surface area contributed by atoms with Crippen LogP contribution in [0, 0.1) is 0 Å². The lowest BCUT2D eigenvalue weighted by Gasteiger charge is -2.31. The molecule has 0 aromatic rings. The fourth-order valence-electron chi connectivity index (χ4n) is 2.15. The highest BCUT2D eigenvalue weighted by Gasteiger charge is 2.12. The van der Waals surface area contributed by atoms with E-state index in [0.29, 0.717) is 12.3 Å². The second-order valence-electron chi connectivity index (χ2n) is 5.95. The van der Waals surface area contributed by atoms with E-state index in [2.05, 4.69) is 99.3 Å². The molecule has 0 aliphatic heterocycles. The normalized spacial score (nSPS) is 13.0. The van der Waals surface area contributed by atoms with Crippen molar-refractivity contribution < 1.29 is 0 Å². The first-order chi connectivity index (χ1) is 10.3. The minimum atomic E-state index is 0.456. The zero-order valence-electron chi connectivity index (χ0n) is 16.7. The van der Waals surface area contributed by atoms with E-state index in [1.54, 1.807) is 0 Å². The summed E-state index contributed by atoms with van der Waals surface area (Å²) in [6.07, 6.45) is 5.46. The van der Waals surface area contributed by atoms with E-state index in [4.69, 9.17) is 0 Å². The van der Waals surface area contributed by atoms with Crippen molar-refractivity contribution in [1.82, 2.24) is 19.6 Å². The first kappa shape index (κ1) is 24.0. The summed E-state index contributed by atoms with van der Waals surface area (Å²) >= 11 is 0. The predicted octanol–water partition coefficient (Wildman–Crippen LogP) is -0.590. The van der Waals surface area contributed by atoms with E-state index in [1.807, 2.05) is 0 Å². The van der Waals surface area contributed by atoms with Gasteiger partial charge in [0.2, 0.25) is 0 Å². The lowest BCUT2D eigenvalue weighted by molar-refractivity contribution is 0.131. The van der Waals surface area contributed by atoms with Crippen molar-refractivity contribution in [3.63, 3.8) is 0 Å². The van der Waals surface area contributed by atoms with Gasteiger partial charge in [-0.1, -0.05) is 26.0 Å². The van der Waals surface area contributed by atoms with Crippen molar-refractivity contribution >= 4 is 20.5 Å². The summed E-state index contributed by atoms with van der Waals surface area (Å²) in [7, 11) is 15.0. The summed E-state index contributed by atoms with van der Waals surface area (Å²) in [5.74, 6) is 0. The molecule has 0 unspecified atom stereocenters. The lowest BCUT2D eigenvalue weighted by atomic mass is 10.3. The van der Waals surface area contributed by atoms with E-state index in [1.165, 1.54) is 0 Å². The van der Waals surface area contributed by atoms with Crippen molar-refractivity contribution in [2.45, 2.75) is 26.2 Å². The molecule has 0 spiro atoms. The van der Waals surface area contributed by atoms with Crippen LogP contribution in [-0.2, 0) is 0 Å². The second-order valence-corrected chi connectivity index (χ2v) is 7.29. The predicted molar refractivity (Wildman–Crippen MR) is 110 cm³/mol. The van der Waals surface area contributed by atoms with Gasteiger partial charge >= 0.3 is 0 Å². The Morgan fingerprint density at radius 3 is 1.18 bits per heavy atom. The molecule has 0 aliphatic carbocycles. The number of likely N-dealkylation sites (N-methyl/N-ethyl adjacent to an activating group) is 4. The van der Waals surface area contributed by atoms with E-state index in [9.17, 15) is 0 Å². The molecule has 0 aromatic carbocycles. The van der Waals surface area contributed by atoms with Gasteiger partial charge in [-0.3, -0.25) is 19.6 Å². The Balaban J connectivity index is 0. The zero-order valence-corrected chi connectivity index (χ0v) is 20.7. The minimum absolute atomic E-state index is 0.456. The Morgan fingerprint density at radius 2 is 1.00 bits per heavy atom. The van der Waals surface area contributed by atoms with Crippen molar-refractivity contribution in [2.75, 3.05) is 55.4 Å². The molecule has 0 bridgehead atoms.